The number of rotatable bonds is 9. The van der Waals surface area contributed by atoms with Gasteiger partial charge in [-0.2, -0.15) is 5.26 Å². The molecule has 32 heavy (non-hydrogen) atoms. The second-order valence-electron chi connectivity index (χ2n) is 6.75. The Hall–Kier alpha value is -3.63. The van der Waals surface area contributed by atoms with E-state index in [2.05, 4.69) is 11.1 Å². The van der Waals surface area contributed by atoms with Gasteiger partial charge in [0.05, 0.1) is 30.7 Å². The van der Waals surface area contributed by atoms with Crippen LogP contribution in [0.1, 0.15) is 18.9 Å². The van der Waals surface area contributed by atoms with Crippen LogP contribution in [-0.4, -0.2) is 36.2 Å². The second-order valence-corrected chi connectivity index (χ2v) is 7.71. The lowest BCUT2D eigenvalue weighted by Crippen LogP contribution is -2.13. The molecule has 0 bridgehead atoms. The summed E-state index contributed by atoms with van der Waals surface area (Å²) in [5.74, 6) is -0.108. The van der Waals surface area contributed by atoms with Gasteiger partial charge in [0.2, 0.25) is 0 Å². The number of Topliss-reactive ketones (excluding diaryl/α,β-unsaturated/α-hetero) is 1. The third kappa shape index (κ3) is 5.74. The van der Waals surface area contributed by atoms with E-state index >= 15 is 0 Å². The number of nitriles is 1. The highest BCUT2D eigenvalue weighted by atomic mass is 32.2. The topological polar surface area (TPSA) is 89.3 Å². The number of esters is 1. The molecule has 0 unspecified atom stereocenters. The van der Waals surface area contributed by atoms with E-state index in [-0.39, 0.29) is 24.6 Å². The van der Waals surface area contributed by atoms with Crippen molar-refractivity contribution in [3.05, 3.63) is 66.2 Å². The normalized spacial score (nSPS) is 10.3. The molecule has 0 saturated carbocycles. The van der Waals surface area contributed by atoms with Crippen LogP contribution in [0.25, 0.3) is 22.4 Å². The molecule has 1 heterocycles. The molecule has 0 saturated heterocycles. The van der Waals surface area contributed by atoms with Gasteiger partial charge in [0.15, 0.2) is 5.78 Å². The molecule has 0 radical (unpaired) electrons. The lowest BCUT2D eigenvalue weighted by molar-refractivity contribution is -0.145. The van der Waals surface area contributed by atoms with Crippen LogP contribution in [0.4, 0.5) is 0 Å². The summed E-state index contributed by atoms with van der Waals surface area (Å²) >= 11 is 1.15. The number of ether oxygens (including phenoxy) is 2. The third-order valence-electron chi connectivity index (χ3n) is 4.59. The van der Waals surface area contributed by atoms with Crippen LogP contribution < -0.4 is 4.74 Å². The summed E-state index contributed by atoms with van der Waals surface area (Å²) in [5.41, 5.74) is 3.51. The minimum Gasteiger partial charge on any atom is -0.497 e. The Bertz CT molecular complexity index is 1140. The van der Waals surface area contributed by atoms with Crippen molar-refractivity contribution < 1.29 is 19.1 Å². The minimum atomic E-state index is -0.552. The van der Waals surface area contributed by atoms with Gasteiger partial charge in [0, 0.05) is 11.1 Å². The molecule has 0 spiro atoms. The molecular formula is C25H22N2O4S. The number of ketones is 1. The zero-order valence-corrected chi connectivity index (χ0v) is 18.6. The number of carbonyl (C=O) groups excluding carboxylic acids is 2. The predicted molar refractivity (Wildman–Crippen MR) is 123 cm³/mol. The summed E-state index contributed by atoms with van der Waals surface area (Å²) in [7, 11) is 1.59. The third-order valence-corrected chi connectivity index (χ3v) is 5.62. The van der Waals surface area contributed by atoms with Crippen molar-refractivity contribution in [1.29, 1.82) is 5.26 Å². The highest BCUT2D eigenvalue weighted by Crippen LogP contribution is 2.34. The molecule has 3 rings (SSSR count). The number of benzene rings is 2. The van der Waals surface area contributed by atoms with Crippen LogP contribution in [-0.2, 0) is 14.3 Å². The van der Waals surface area contributed by atoms with E-state index in [0.29, 0.717) is 27.6 Å². The molecular weight excluding hydrogens is 424 g/mol. The highest BCUT2D eigenvalue weighted by molar-refractivity contribution is 8.00. The summed E-state index contributed by atoms with van der Waals surface area (Å²) in [5, 5.41) is 10.4. The van der Waals surface area contributed by atoms with E-state index in [0.717, 1.165) is 22.9 Å². The smallest absolute Gasteiger partial charge is 0.313 e. The number of hydrogen-bond acceptors (Lipinski definition) is 7. The van der Waals surface area contributed by atoms with Gasteiger partial charge >= 0.3 is 5.97 Å². The summed E-state index contributed by atoms with van der Waals surface area (Å²) in [4.78, 5) is 28.5. The highest BCUT2D eigenvalue weighted by Gasteiger charge is 2.18. The zero-order valence-electron chi connectivity index (χ0n) is 17.8. The van der Waals surface area contributed by atoms with Crippen molar-refractivity contribution in [1.82, 2.24) is 4.98 Å². The molecule has 0 fully saturated rings. The number of pyridine rings is 1. The Morgan fingerprint density at radius 1 is 1.06 bits per heavy atom. The second kappa shape index (κ2) is 11.1. The number of carbonyl (C=O) groups is 2. The fraction of sp³-hybridized carbons (Fsp3) is 0.200. The SMILES string of the molecule is CCOC(=O)CC(=O)CSc1nc(-c2ccccc2)cc(-c2ccc(OC)cc2)c1C#N. The monoisotopic (exact) mass is 446 g/mol. The molecule has 0 atom stereocenters. The first kappa shape index (κ1) is 23.0. The van der Waals surface area contributed by atoms with Crippen LogP contribution in [0, 0.1) is 11.3 Å². The maximum atomic E-state index is 12.2. The molecule has 0 aliphatic carbocycles. The first-order chi connectivity index (χ1) is 15.5. The summed E-state index contributed by atoms with van der Waals surface area (Å²) in [6.07, 6.45) is -0.299. The first-order valence-electron chi connectivity index (χ1n) is 10.0. The average molecular weight is 447 g/mol. The lowest BCUT2D eigenvalue weighted by Gasteiger charge is -2.13. The zero-order chi connectivity index (χ0) is 22.9. The number of methoxy groups -OCH3 is 1. The maximum absolute atomic E-state index is 12.2. The Kier molecular flexibility index (Phi) is 8.01. The van der Waals surface area contributed by atoms with E-state index in [1.807, 2.05) is 60.7 Å². The van der Waals surface area contributed by atoms with Crippen molar-refractivity contribution in [3.63, 3.8) is 0 Å². The molecule has 0 aliphatic rings. The quantitative estimate of drug-likeness (QED) is 0.262. The fourth-order valence-corrected chi connectivity index (χ4v) is 3.92. The van der Waals surface area contributed by atoms with Gasteiger partial charge < -0.3 is 9.47 Å². The van der Waals surface area contributed by atoms with Crippen molar-refractivity contribution in [2.75, 3.05) is 19.5 Å². The predicted octanol–water partition coefficient (Wildman–Crippen LogP) is 4.91. The van der Waals surface area contributed by atoms with Crippen molar-refractivity contribution in [2.45, 2.75) is 18.4 Å². The standard InChI is InChI=1S/C25H22N2O4S/c1-3-31-24(29)13-19(28)16-32-25-22(15-26)21(17-9-11-20(30-2)12-10-17)14-23(27-25)18-7-5-4-6-8-18/h4-12,14H,3,13,16H2,1-2H3. The van der Waals surface area contributed by atoms with Gasteiger partial charge in [-0.25, -0.2) is 4.98 Å². The Morgan fingerprint density at radius 3 is 2.41 bits per heavy atom. The Balaban J connectivity index is 2.00. The summed E-state index contributed by atoms with van der Waals surface area (Å²) < 4.78 is 10.1. The van der Waals surface area contributed by atoms with Crippen LogP contribution in [0.5, 0.6) is 5.75 Å². The van der Waals surface area contributed by atoms with E-state index in [4.69, 9.17) is 9.47 Å². The van der Waals surface area contributed by atoms with Gasteiger partial charge in [-0.05, 0) is 30.7 Å². The van der Waals surface area contributed by atoms with Gasteiger partial charge in [-0.15, -0.1) is 0 Å². The minimum absolute atomic E-state index is 0.0147. The Labute approximate surface area is 191 Å². The molecule has 1 aromatic heterocycles. The molecule has 0 aliphatic heterocycles. The largest absolute Gasteiger partial charge is 0.497 e. The van der Waals surface area contributed by atoms with Gasteiger partial charge in [0.25, 0.3) is 0 Å². The summed E-state index contributed by atoms with van der Waals surface area (Å²) in [6.45, 7) is 1.92. The van der Waals surface area contributed by atoms with Gasteiger partial charge in [0.1, 0.15) is 23.3 Å². The number of hydrogen-bond donors (Lipinski definition) is 0. The van der Waals surface area contributed by atoms with E-state index in [1.54, 1.807) is 14.0 Å². The number of aromatic nitrogens is 1. The molecule has 0 amide bonds. The Morgan fingerprint density at radius 2 is 1.78 bits per heavy atom. The van der Waals surface area contributed by atoms with Crippen molar-refractivity contribution in [3.8, 4) is 34.2 Å². The number of nitrogens with zero attached hydrogens (tertiary/aromatic N) is 2. The van der Waals surface area contributed by atoms with E-state index in [9.17, 15) is 14.9 Å². The average Bonchev–Trinajstić information content (AvgIpc) is 2.82. The van der Waals surface area contributed by atoms with E-state index < -0.39 is 5.97 Å². The van der Waals surface area contributed by atoms with Crippen LogP contribution in [0.2, 0.25) is 0 Å². The summed E-state index contributed by atoms with van der Waals surface area (Å²) in [6, 6.07) is 21.1. The van der Waals surface area contributed by atoms with Crippen LogP contribution in [0.3, 0.4) is 0 Å². The van der Waals surface area contributed by atoms with Gasteiger partial charge in [-0.3, -0.25) is 9.59 Å². The van der Waals surface area contributed by atoms with Crippen molar-refractivity contribution >= 4 is 23.5 Å². The van der Waals surface area contributed by atoms with Gasteiger partial charge in [-0.1, -0.05) is 54.2 Å². The van der Waals surface area contributed by atoms with Crippen molar-refractivity contribution in [2.24, 2.45) is 0 Å². The maximum Gasteiger partial charge on any atom is 0.313 e. The molecule has 2 aromatic carbocycles. The first-order valence-corrected chi connectivity index (χ1v) is 11.0. The molecule has 6 nitrogen and oxygen atoms in total. The molecule has 162 valence electrons. The molecule has 7 heteroatoms. The molecule has 0 N–H and O–H groups in total. The number of thioether (sulfide) groups is 1. The van der Waals surface area contributed by atoms with Crippen LogP contribution >= 0.6 is 11.8 Å². The fourth-order valence-electron chi connectivity index (χ4n) is 3.06. The van der Waals surface area contributed by atoms with E-state index in [1.165, 1.54) is 0 Å². The van der Waals surface area contributed by atoms with Crippen LogP contribution in [0.15, 0.2) is 65.7 Å². The lowest BCUT2D eigenvalue weighted by atomic mass is 9.99. The molecule has 3 aromatic rings.